The number of para-hydroxylation sites is 1. The molecule has 1 aromatic carbocycles. The van der Waals surface area contributed by atoms with Gasteiger partial charge in [0.1, 0.15) is 0 Å². The second-order valence-electron chi connectivity index (χ2n) is 6.52. The Kier molecular flexibility index (Phi) is 17.5. The summed E-state index contributed by atoms with van der Waals surface area (Å²) in [6.07, 6.45) is 0.276. The standard InChI is InChI=1S/C16H19NO3S.C4H11N.C2H6.2CH4/c1-4-8-15-16(2,3)13-9-5-6-10-14(13)17(15)11-7-12-21(18,19)20;1-3-5-4-2;1-2;;/h5-6,9-10H,1,7,11-12H2,2-3H3,(H,18,19,20);5H,3-4H2,1-2H3;1-2H3;2*1H4/p-1. The smallest absolute Gasteiger partial charge is 0.0946 e. The van der Waals surface area contributed by atoms with Crippen LogP contribution in [0, 0.1) is 0 Å². The van der Waals surface area contributed by atoms with Crippen LogP contribution in [-0.2, 0) is 15.5 Å². The van der Waals surface area contributed by atoms with Gasteiger partial charge >= 0.3 is 0 Å². The SMILES string of the molecule is C.C.C=C=C=C1N(CCCS(=O)(=O)[O-])c2ccccc2C1(C)C.CC.CCNCC. The largest absolute Gasteiger partial charge is 0.748 e. The number of hydrogen-bond donors (Lipinski definition) is 1. The predicted octanol–water partition coefficient (Wildman–Crippen LogP) is 5.46. The van der Waals surface area contributed by atoms with Crippen molar-refractivity contribution in [3.05, 3.63) is 53.6 Å². The summed E-state index contributed by atoms with van der Waals surface area (Å²) in [5, 5.41) is 3.11. The van der Waals surface area contributed by atoms with Crippen LogP contribution < -0.4 is 10.2 Å². The molecule has 0 bridgehead atoms. The van der Waals surface area contributed by atoms with Crippen LogP contribution in [0.5, 0.6) is 0 Å². The number of fused-ring (bicyclic) bond motifs is 1. The number of allylic oxidation sites excluding steroid dienone is 1. The third-order valence-corrected chi connectivity index (χ3v) is 5.00. The van der Waals surface area contributed by atoms with Crippen molar-refractivity contribution in [3.63, 3.8) is 0 Å². The van der Waals surface area contributed by atoms with E-state index in [1.165, 1.54) is 0 Å². The topological polar surface area (TPSA) is 72.5 Å². The van der Waals surface area contributed by atoms with Crippen molar-refractivity contribution in [1.29, 1.82) is 0 Å². The van der Waals surface area contributed by atoms with Gasteiger partial charge < -0.3 is 14.8 Å². The van der Waals surface area contributed by atoms with E-state index in [4.69, 9.17) is 0 Å². The average Bonchev–Trinajstić information content (AvgIpc) is 2.86. The highest BCUT2D eigenvalue weighted by atomic mass is 32.2. The van der Waals surface area contributed by atoms with Crippen LogP contribution in [0.1, 0.15) is 68.4 Å². The summed E-state index contributed by atoms with van der Waals surface area (Å²) in [6, 6.07) is 7.94. The van der Waals surface area contributed by atoms with Crippen molar-refractivity contribution in [1.82, 2.24) is 5.32 Å². The molecule has 0 amide bonds. The minimum Gasteiger partial charge on any atom is -0.748 e. The van der Waals surface area contributed by atoms with Gasteiger partial charge in [0.2, 0.25) is 0 Å². The van der Waals surface area contributed by atoms with Gasteiger partial charge in [-0.25, -0.2) is 8.42 Å². The number of rotatable bonds is 6. The van der Waals surface area contributed by atoms with Gasteiger partial charge in [-0.15, -0.1) is 0 Å². The average molecular weight is 440 g/mol. The lowest BCUT2D eigenvalue weighted by molar-refractivity contribution is 0.461. The summed E-state index contributed by atoms with van der Waals surface area (Å²) in [7, 11) is -4.19. The number of nitrogens with one attached hydrogen (secondary N) is 1. The lowest BCUT2D eigenvalue weighted by Gasteiger charge is -2.25. The molecule has 0 aliphatic carbocycles. The Morgan fingerprint density at radius 2 is 1.67 bits per heavy atom. The highest BCUT2D eigenvalue weighted by Gasteiger charge is 2.39. The molecule has 0 spiro atoms. The zero-order chi connectivity index (χ0) is 21.8. The molecule has 1 aliphatic heterocycles. The molecular formula is C24H43N2O3S-. The first-order valence-electron chi connectivity index (χ1n) is 9.85. The number of nitrogens with zero attached hydrogens (tertiary/aromatic N) is 1. The summed E-state index contributed by atoms with van der Waals surface area (Å²) in [5.41, 5.74) is 8.51. The van der Waals surface area contributed by atoms with Gasteiger partial charge in [-0.1, -0.05) is 66.5 Å². The fourth-order valence-electron chi connectivity index (χ4n) is 3.01. The third kappa shape index (κ3) is 9.80. The first-order chi connectivity index (χ1) is 13.2. The molecule has 1 aliphatic rings. The van der Waals surface area contributed by atoms with Gasteiger partial charge in [0.25, 0.3) is 0 Å². The quantitative estimate of drug-likeness (QED) is 0.471. The number of benzene rings is 1. The molecule has 0 saturated heterocycles. The molecule has 0 fully saturated rings. The summed E-state index contributed by atoms with van der Waals surface area (Å²) >= 11 is 0. The second kappa shape index (κ2) is 16.0. The summed E-state index contributed by atoms with van der Waals surface area (Å²) in [6.45, 7) is 18.6. The molecule has 2 rings (SSSR count). The van der Waals surface area contributed by atoms with E-state index in [1.807, 2.05) is 43.0 Å². The van der Waals surface area contributed by atoms with Crippen molar-refractivity contribution >= 4 is 15.8 Å². The Morgan fingerprint density at radius 1 is 1.13 bits per heavy atom. The monoisotopic (exact) mass is 439 g/mol. The van der Waals surface area contributed by atoms with Crippen LogP contribution in [0.15, 0.2) is 48.0 Å². The molecule has 6 heteroatoms. The van der Waals surface area contributed by atoms with Gasteiger partial charge in [-0.05, 0) is 57.3 Å². The lowest BCUT2D eigenvalue weighted by Crippen LogP contribution is -2.27. The Morgan fingerprint density at radius 3 is 2.10 bits per heavy atom. The Bertz CT molecular complexity index is 786. The Hall–Kier alpha value is -1.81. The summed E-state index contributed by atoms with van der Waals surface area (Å²) in [5.74, 6) is -0.364. The van der Waals surface area contributed by atoms with Crippen LogP contribution in [0.2, 0.25) is 0 Å². The van der Waals surface area contributed by atoms with Crippen molar-refractivity contribution in [3.8, 4) is 0 Å². The first-order valence-corrected chi connectivity index (χ1v) is 11.4. The van der Waals surface area contributed by atoms with Crippen molar-refractivity contribution < 1.29 is 13.0 Å². The van der Waals surface area contributed by atoms with E-state index in [2.05, 4.69) is 51.1 Å². The molecule has 30 heavy (non-hydrogen) atoms. The van der Waals surface area contributed by atoms with E-state index >= 15 is 0 Å². The Balaban J connectivity index is -0.000000713. The van der Waals surface area contributed by atoms with Gasteiger partial charge in [0.15, 0.2) is 0 Å². The highest BCUT2D eigenvalue weighted by Crippen LogP contribution is 2.46. The number of hydrogen-bond acceptors (Lipinski definition) is 5. The fourth-order valence-corrected chi connectivity index (χ4v) is 3.49. The van der Waals surface area contributed by atoms with Crippen LogP contribution in [-0.4, -0.2) is 38.4 Å². The molecule has 1 heterocycles. The molecule has 0 radical (unpaired) electrons. The molecule has 1 aromatic rings. The molecule has 0 saturated carbocycles. The van der Waals surface area contributed by atoms with Crippen LogP contribution in [0.25, 0.3) is 0 Å². The Labute approximate surface area is 186 Å². The summed E-state index contributed by atoms with van der Waals surface area (Å²) in [4.78, 5) is 2.00. The fraction of sp³-hybridized carbons (Fsp3) is 0.583. The second-order valence-corrected chi connectivity index (χ2v) is 8.04. The molecule has 0 unspecified atom stereocenters. The maximum absolute atomic E-state index is 10.8. The maximum atomic E-state index is 10.8. The highest BCUT2D eigenvalue weighted by molar-refractivity contribution is 7.85. The minimum absolute atomic E-state index is 0. The first kappa shape index (κ1) is 32.8. The van der Waals surface area contributed by atoms with Gasteiger partial charge in [-0.3, -0.25) is 0 Å². The van der Waals surface area contributed by atoms with E-state index < -0.39 is 10.1 Å². The number of anilines is 1. The normalized spacial score (nSPS) is 13.0. The van der Waals surface area contributed by atoms with Gasteiger partial charge in [-0.2, -0.15) is 0 Å². The minimum atomic E-state index is -4.19. The molecule has 0 aromatic heterocycles. The molecule has 0 atom stereocenters. The van der Waals surface area contributed by atoms with Crippen LogP contribution in [0.3, 0.4) is 0 Å². The molecule has 5 nitrogen and oxygen atoms in total. The summed E-state index contributed by atoms with van der Waals surface area (Å²) < 4.78 is 32.3. The maximum Gasteiger partial charge on any atom is 0.0946 e. The van der Waals surface area contributed by atoms with Crippen LogP contribution >= 0.6 is 0 Å². The van der Waals surface area contributed by atoms with Gasteiger partial charge in [0.05, 0.1) is 15.8 Å². The van der Waals surface area contributed by atoms with E-state index in [9.17, 15) is 13.0 Å². The molecule has 1 N–H and O–H groups in total. The predicted molar refractivity (Wildman–Crippen MR) is 131 cm³/mol. The zero-order valence-corrected chi connectivity index (χ0v) is 18.9. The van der Waals surface area contributed by atoms with E-state index in [1.54, 1.807) is 0 Å². The zero-order valence-electron chi connectivity index (χ0n) is 18.1. The molecule has 174 valence electrons. The van der Waals surface area contributed by atoms with E-state index in [-0.39, 0.29) is 32.4 Å². The van der Waals surface area contributed by atoms with Crippen molar-refractivity contribution in [2.75, 3.05) is 30.3 Å². The third-order valence-electron chi connectivity index (χ3n) is 4.21. The van der Waals surface area contributed by atoms with Crippen molar-refractivity contribution in [2.24, 2.45) is 0 Å². The van der Waals surface area contributed by atoms with E-state index in [0.29, 0.717) is 6.54 Å². The van der Waals surface area contributed by atoms with E-state index in [0.717, 1.165) is 30.0 Å². The van der Waals surface area contributed by atoms with Crippen molar-refractivity contribution in [2.45, 2.75) is 68.2 Å². The van der Waals surface area contributed by atoms with Crippen LogP contribution in [0.4, 0.5) is 5.69 Å². The van der Waals surface area contributed by atoms with Gasteiger partial charge in [0, 0.05) is 23.4 Å². The molecular weight excluding hydrogens is 396 g/mol. The lowest BCUT2D eigenvalue weighted by atomic mass is 9.84.